The molecule has 3 N–H and O–H groups in total. The standard InChI is InChI=1S/C13H23N5OS/c1-15-12(19)10-11(14)16-20-13(10)18-6-4-9(5-7-18)8-17(2)3/h9H,4-8H2,1-3H3,(H2,14,16)(H,15,19). The lowest BCUT2D eigenvalue weighted by molar-refractivity contribution is 0.0964. The number of nitrogen functional groups attached to an aromatic ring is 1. The molecular formula is C13H23N5OS. The zero-order valence-electron chi connectivity index (χ0n) is 12.3. The van der Waals surface area contributed by atoms with Crippen LogP contribution in [-0.2, 0) is 0 Å². The summed E-state index contributed by atoms with van der Waals surface area (Å²) in [7, 11) is 5.84. The molecule has 20 heavy (non-hydrogen) atoms. The second-order valence-electron chi connectivity index (χ2n) is 5.52. The fraction of sp³-hybridized carbons (Fsp3) is 0.692. The number of nitrogens with zero attached hydrogens (tertiary/aromatic N) is 3. The lowest BCUT2D eigenvalue weighted by atomic mass is 9.96. The van der Waals surface area contributed by atoms with Crippen molar-refractivity contribution in [2.45, 2.75) is 12.8 Å². The van der Waals surface area contributed by atoms with Crippen LogP contribution < -0.4 is 16.0 Å². The highest BCUT2D eigenvalue weighted by atomic mass is 32.1. The summed E-state index contributed by atoms with van der Waals surface area (Å²) in [5, 5.41) is 3.54. The molecule has 2 rings (SSSR count). The highest BCUT2D eigenvalue weighted by Gasteiger charge is 2.26. The Morgan fingerprint density at radius 1 is 1.50 bits per heavy atom. The number of aromatic nitrogens is 1. The molecule has 1 aromatic rings. The lowest BCUT2D eigenvalue weighted by Crippen LogP contribution is -2.37. The van der Waals surface area contributed by atoms with Crippen molar-refractivity contribution in [1.29, 1.82) is 0 Å². The van der Waals surface area contributed by atoms with Crippen molar-refractivity contribution in [3.8, 4) is 0 Å². The molecule has 0 bridgehead atoms. The molecule has 0 spiro atoms. The number of piperidine rings is 1. The number of carbonyl (C=O) groups is 1. The predicted octanol–water partition coefficient (Wildman–Crippen LogP) is 0.863. The van der Waals surface area contributed by atoms with E-state index in [1.54, 1.807) is 7.05 Å². The summed E-state index contributed by atoms with van der Waals surface area (Å²) >= 11 is 1.32. The van der Waals surface area contributed by atoms with Gasteiger partial charge in [-0.05, 0) is 44.4 Å². The van der Waals surface area contributed by atoms with Crippen molar-refractivity contribution >= 4 is 28.3 Å². The van der Waals surface area contributed by atoms with Gasteiger partial charge in [-0.2, -0.15) is 4.37 Å². The van der Waals surface area contributed by atoms with E-state index in [2.05, 4.69) is 33.6 Å². The number of nitrogens with two attached hydrogens (primary N) is 1. The Labute approximate surface area is 124 Å². The van der Waals surface area contributed by atoms with Crippen LogP contribution in [0.1, 0.15) is 23.2 Å². The molecule has 1 aliphatic rings. The summed E-state index contributed by atoms with van der Waals surface area (Å²) in [5.41, 5.74) is 6.35. The Bertz CT molecular complexity index is 465. The maximum Gasteiger partial charge on any atom is 0.257 e. The number of amides is 1. The van der Waals surface area contributed by atoms with Gasteiger partial charge in [0.2, 0.25) is 0 Å². The van der Waals surface area contributed by atoms with Gasteiger partial charge < -0.3 is 20.9 Å². The van der Waals surface area contributed by atoms with Crippen LogP contribution in [0.2, 0.25) is 0 Å². The van der Waals surface area contributed by atoms with Crippen LogP contribution in [-0.4, -0.2) is 56.0 Å². The normalized spacial score (nSPS) is 16.7. The van der Waals surface area contributed by atoms with E-state index in [0.29, 0.717) is 11.4 Å². The molecule has 1 aromatic heterocycles. The molecule has 0 aliphatic carbocycles. The van der Waals surface area contributed by atoms with E-state index in [0.717, 1.165) is 43.4 Å². The van der Waals surface area contributed by atoms with Crippen molar-refractivity contribution in [3.63, 3.8) is 0 Å². The smallest absolute Gasteiger partial charge is 0.257 e. The minimum Gasteiger partial charge on any atom is -0.382 e. The largest absolute Gasteiger partial charge is 0.382 e. The third kappa shape index (κ3) is 3.21. The van der Waals surface area contributed by atoms with Crippen molar-refractivity contribution in [2.24, 2.45) is 5.92 Å². The molecular weight excluding hydrogens is 274 g/mol. The van der Waals surface area contributed by atoms with Gasteiger partial charge in [0.1, 0.15) is 10.6 Å². The van der Waals surface area contributed by atoms with E-state index in [1.807, 2.05) is 0 Å². The van der Waals surface area contributed by atoms with Gasteiger partial charge in [0.25, 0.3) is 5.91 Å². The first kappa shape index (κ1) is 15.1. The molecule has 2 heterocycles. The average molecular weight is 297 g/mol. The zero-order valence-corrected chi connectivity index (χ0v) is 13.2. The zero-order chi connectivity index (χ0) is 14.7. The molecule has 0 saturated carbocycles. The van der Waals surface area contributed by atoms with E-state index in [4.69, 9.17) is 5.73 Å². The van der Waals surface area contributed by atoms with Crippen molar-refractivity contribution in [2.75, 3.05) is 51.4 Å². The Hall–Kier alpha value is -1.34. The fourth-order valence-electron chi connectivity index (χ4n) is 2.68. The summed E-state index contributed by atoms with van der Waals surface area (Å²) in [6.07, 6.45) is 2.28. The summed E-state index contributed by atoms with van der Waals surface area (Å²) in [5.74, 6) is 0.913. The number of carbonyl (C=O) groups excluding carboxylic acids is 1. The summed E-state index contributed by atoms with van der Waals surface area (Å²) in [4.78, 5) is 16.4. The van der Waals surface area contributed by atoms with Crippen LogP contribution in [0.15, 0.2) is 0 Å². The Balaban J connectivity index is 2.06. The molecule has 1 saturated heterocycles. The first-order valence-corrected chi connectivity index (χ1v) is 7.67. The second kappa shape index (κ2) is 6.41. The van der Waals surface area contributed by atoms with E-state index >= 15 is 0 Å². The first-order valence-electron chi connectivity index (χ1n) is 6.89. The number of hydrogen-bond acceptors (Lipinski definition) is 6. The fourth-order valence-corrected chi connectivity index (χ4v) is 3.55. The highest BCUT2D eigenvalue weighted by Crippen LogP contribution is 2.33. The maximum absolute atomic E-state index is 11.9. The molecule has 112 valence electrons. The number of nitrogens with one attached hydrogen (secondary N) is 1. The lowest BCUT2D eigenvalue weighted by Gasteiger charge is -2.34. The van der Waals surface area contributed by atoms with Gasteiger partial charge in [0, 0.05) is 26.7 Å². The summed E-state index contributed by atoms with van der Waals surface area (Å²) < 4.78 is 4.14. The monoisotopic (exact) mass is 297 g/mol. The van der Waals surface area contributed by atoms with E-state index < -0.39 is 0 Å². The average Bonchev–Trinajstić information content (AvgIpc) is 2.80. The summed E-state index contributed by atoms with van der Waals surface area (Å²) in [6.45, 7) is 3.05. The van der Waals surface area contributed by atoms with Crippen LogP contribution in [0.25, 0.3) is 0 Å². The Kier molecular flexibility index (Phi) is 4.82. The van der Waals surface area contributed by atoms with E-state index in [-0.39, 0.29) is 5.91 Å². The van der Waals surface area contributed by atoms with Crippen molar-refractivity contribution in [1.82, 2.24) is 14.6 Å². The molecule has 0 unspecified atom stereocenters. The first-order chi connectivity index (χ1) is 9.52. The quantitative estimate of drug-likeness (QED) is 0.862. The molecule has 0 atom stereocenters. The number of rotatable bonds is 4. The maximum atomic E-state index is 11.9. The van der Waals surface area contributed by atoms with Crippen LogP contribution in [0.5, 0.6) is 0 Å². The van der Waals surface area contributed by atoms with Crippen LogP contribution in [0.3, 0.4) is 0 Å². The Morgan fingerprint density at radius 3 is 2.70 bits per heavy atom. The van der Waals surface area contributed by atoms with Crippen LogP contribution in [0.4, 0.5) is 10.8 Å². The SMILES string of the molecule is CNC(=O)c1c(N)nsc1N1CCC(CN(C)C)CC1. The third-order valence-electron chi connectivity index (χ3n) is 3.68. The molecule has 0 radical (unpaired) electrons. The molecule has 1 amide bonds. The minimum absolute atomic E-state index is 0.151. The van der Waals surface area contributed by atoms with E-state index in [9.17, 15) is 4.79 Å². The topological polar surface area (TPSA) is 74.5 Å². The van der Waals surface area contributed by atoms with Gasteiger partial charge in [-0.15, -0.1) is 0 Å². The van der Waals surface area contributed by atoms with Gasteiger partial charge in [-0.25, -0.2) is 0 Å². The molecule has 0 aromatic carbocycles. The molecule has 1 aliphatic heterocycles. The van der Waals surface area contributed by atoms with Gasteiger partial charge >= 0.3 is 0 Å². The van der Waals surface area contributed by atoms with Gasteiger partial charge in [0.15, 0.2) is 5.82 Å². The minimum atomic E-state index is -0.151. The molecule has 6 nitrogen and oxygen atoms in total. The van der Waals surface area contributed by atoms with Crippen LogP contribution in [0, 0.1) is 5.92 Å². The van der Waals surface area contributed by atoms with Crippen molar-refractivity contribution in [3.05, 3.63) is 5.56 Å². The van der Waals surface area contributed by atoms with Crippen molar-refractivity contribution < 1.29 is 4.79 Å². The summed E-state index contributed by atoms with van der Waals surface area (Å²) in [6, 6.07) is 0. The second-order valence-corrected chi connectivity index (χ2v) is 6.27. The predicted molar refractivity (Wildman–Crippen MR) is 83.4 cm³/mol. The van der Waals surface area contributed by atoms with E-state index in [1.165, 1.54) is 11.5 Å². The van der Waals surface area contributed by atoms with Gasteiger partial charge in [0.05, 0.1) is 0 Å². The Morgan fingerprint density at radius 2 is 2.15 bits per heavy atom. The third-order valence-corrected chi connectivity index (χ3v) is 4.60. The van der Waals surface area contributed by atoms with Crippen LogP contribution >= 0.6 is 11.5 Å². The highest BCUT2D eigenvalue weighted by molar-refractivity contribution is 7.11. The van der Waals surface area contributed by atoms with Gasteiger partial charge in [-0.3, -0.25) is 4.79 Å². The number of hydrogen-bond donors (Lipinski definition) is 2. The number of anilines is 2. The molecule has 7 heteroatoms. The van der Waals surface area contributed by atoms with Gasteiger partial charge in [-0.1, -0.05) is 0 Å². The molecule has 1 fully saturated rings.